The molecular formula is C17H28N2O4. The van der Waals surface area contributed by atoms with E-state index in [-0.39, 0.29) is 36.7 Å². The fourth-order valence-electron chi connectivity index (χ4n) is 3.29. The smallest absolute Gasteiger partial charge is 0.238 e. The number of hydrogen-bond acceptors (Lipinski definition) is 5. The molecule has 1 aromatic rings. The van der Waals surface area contributed by atoms with Gasteiger partial charge in [-0.2, -0.15) is 0 Å². The SMILES string of the molecule is CC1CN(C(C(=O)NC(CO)c2ccco2)C(C)C)CC(C)O1. The van der Waals surface area contributed by atoms with Gasteiger partial charge in [0, 0.05) is 13.1 Å². The summed E-state index contributed by atoms with van der Waals surface area (Å²) in [7, 11) is 0. The summed E-state index contributed by atoms with van der Waals surface area (Å²) in [5, 5.41) is 12.5. The molecule has 0 radical (unpaired) electrons. The van der Waals surface area contributed by atoms with Crippen molar-refractivity contribution in [3.8, 4) is 0 Å². The first-order chi connectivity index (χ1) is 10.9. The number of rotatable bonds is 6. The van der Waals surface area contributed by atoms with Gasteiger partial charge >= 0.3 is 0 Å². The van der Waals surface area contributed by atoms with Gasteiger partial charge in [-0.1, -0.05) is 13.8 Å². The molecule has 23 heavy (non-hydrogen) atoms. The fraction of sp³-hybridized carbons (Fsp3) is 0.706. The molecule has 0 aliphatic carbocycles. The molecule has 1 fully saturated rings. The van der Waals surface area contributed by atoms with Crippen molar-refractivity contribution in [3.05, 3.63) is 24.2 Å². The third kappa shape index (κ3) is 4.56. The van der Waals surface area contributed by atoms with Crippen molar-refractivity contribution in [2.75, 3.05) is 19.7 Å². The van der Waals surface area contributed by atoms with Gasteiger partial charge in [0.25, 0.3) is 0 Å². The molecule has 1 aliphatic rings. The summed E-state index contributed by atoms with van der Waals surface area (Å²) in [4.78, 5) is 15.0. The van der Waals surface area contributed by atoms with E-state index in [2.05, 4.69) is 10.2 Å². The van der Waals surface area contributed by atoms with Crippen molar-refractivity contribution in [2.24, 2.45) is 5.92 Å². The Labute approximate surface area is 137 Å². The molecule has 1 saturated heterocycles. The van der Waals surface area contributed by atoms with Gasteiger partial charge in [-0.25, -0.2) is 0 Å². The maximum absolute atomic E-state index is 12.8. The number of carbonyl (C=O) groups is 1. The van der Waals surface area contributed by atoms with Crippen molar-refractivity contribution in [1.29, 1.82) is 0 Å². The van der Waals surface area contributed by atoms with E-state index in [1.165, 1.54) is 6.26 Å². The molecule has 0 aromatic carbocycles. The number of amides is 1. The molecule has 1 aromatic heterocycles. The van der Waals surface area contributed by atoms with Crippen LogP contribution in [0.3, 0.4) is 0 Å². The highest BCUT2D eigenvalue weighted by molar-refractivity contribution is 5.82. The van der Waals surface area contributed by atoms with Gasteiger partial charge in [0.05, 0.1) is 31.1 Å². The van der Waals surface area contributed by atoms with Crippen LogP contribution in [0.25, 0.3) is 0 Å². The lowest BCUT2D eigenvalue weighted by molar-refractivity contribution is -0.136. The van der Waals surface area contributed by atoms with Crippen LogP contribution in [0.15, 0.2) is 22.8 Å². The summed E-state index contributed by atoms with van der Waals surface area (Å²) in [6, 6.07) is 2.72. The van der Waals surface area contributed by atoms with Crippen LogP contribution >= 0.6 is 0 Å². The summed E-state index contributed by atoms with van der Waals surface area (Å²) in [5.41, 5.74) is 0. The predicted molar refractivity (Wildman–Crippen MR) is 86.9 cm³/mol. The van der Waals surface area contributed by atoms with Crippen molar-refractivity contribution in [2.45, 2.75) is 52.0 Å². The van der Waals surface area contributed by atoms with Gasteiger partial charge in [0.1, 0.15) is 11.8 Å². The molecule has 4 atom stereocenters. The number of morpholine rings is 1. The van der Waals surface area contributed by atoms with E-state index in [1.807, 2.05) is 27.7 Å². The number of carbonyl (C=O) groups excluding carboxylic acids is 1. The van der Waals surface area contributed by atoms with Gasteiger partial charge in [-0.3, -0.25) is 9.69 Å². The lowest BCUT2D eigenvalue weighted by atomic mass is 9.99. The van der Waals surface area contributed by atoms with E-state index in [0.29, 0.717) is 5.76 Å². The van der Waals surface area contributed by atoms with Crippen LogP contribution in [0.5, 0.6) is 0 Å². The number of aliphatic hydroxyl groups excluding tert-OH is 1. The topological polar surface area (TPSA) is 74.9 Å². The fourth-order valence-corrected chi connectivity index (χ4v) is 3.29. The molecule has 2 heterocycles. The van der Waals surface area contributed by atoms with E-state index in [9.17, 15) is 9.90 Å². The normalized spacial score (nSPS) is 25.3. The van der Waals surface area contributed by atoms with E-state index in [4.69, 9.17) is 9.15 Å². The van der Waals surface area contributed by atoms with Crippen molar-refractivity contribution < 1.29 is 19.1 Å². The average molecular weight is 324 g/mol. The average Bonchev–Trinajstić information content (AvgIpc) is 2.97. The molecule has 0 bridgehead atoms. The summed E-state index contributed by atoms with van der Waals surface area (Å²) in [6.45, 7) is 9.39. The van der Waals surface area contributed by atoms with Gasteiger partial charge in [-0.05, 0) is 31.9 Å². The van der Waals surface area contributed by atoms with E-state index < -0.39 is 6.04 Å². The lowest BCUT2D eigenvalue weighted by Gasteiger charge is -2.41. The van der Waals surface area contributed by atoms with Crippen LogP contribution in [0, 0.1) is 5.92 Å². The van der Waals surface area contributed by atoms with Crippen LogP contribution < -0.4 is 5.32 Å². The zero-order valence-corrected chi connectivity index (χ0v) is 14.4. The number of hydrogen-bond donors (Lipinski definition) is 2. The van der Waals surface area contributed by atoms with Gasteiger partial charge in [0.15, 0.2) is 0 Å². The quantitative estimate of drug-likeness (QED) is 0.831. The number of ether oxygens (including phenoxy) is 1. The molecule has 4 unspecified atom stereocenters. The second-order valence-corrected chi connectivity index (χ2v) is 6.66. The Morgan fingerprint density at radius 2 is 2.04 bits per heavy atom. The number of nitrogens with one attached hydrogen (secondary N) is 1. The third-order valence-corrected chi connectivity index (χ3v) is 4.13. The minimum absolute atomic E-state index is 0.0863. The lowest BCUT2D eigenvalue weighted by Crippen LogP contribution is -2.57. The second-order valence-electron chi connectivity index (χ2n) is 6.66. The summed E-state index contributed by atoms with van der Waals surface area (Å²) in [5.74, 6) is 0.632. The Morgan fingerprint density at radius 3 is 2.52 bits per heavy atom. The van der Waals surface area contributed by atoms with Crippen LogP contribution in [-0.4, -0.2) is 53.9 Å². The Hall–Kier alpha value is -1.37. The first kappa shape index (κ1) is 18.0. The second kappa shape index (κ2) is 7.95. The van der Waals surface area contributed by atoms with Crippen LogP contribution in [0.2, 0.25) is 0 Å². The molecule has 130 valence electrons. The maximum atomic E-state index is 12.8. The van der Waals surface area contributed by atoms with E-state index in [0.717, 1.165) is 13.1 Å². The van der Waals surface area contributed by atoms with E-state index in [1.54, 1.807) is 12.1 Å². The van der Waals surface area contributed by atoms with Gasteiger partial charge < -0.3 is 19.6 Å². The molecule has 2 N–H and O–H groups in total. The molecular weight excluding hydrogens is 296 g/mol. The summed E-state index contributed by atoms with van der Waals surface area (Å²) in [6.07, 6.45) is 1.74. The third-order valence-electron chi connectivity index (χ3n) is 4.13. The van der Waals surface area contributed by atoms with Gasteiger partial charge in [0.2, 0.25) is 5.91 Å². The largest absolute Gasteiger partial charge is 0.467 e. The Morgan fingerprint density at radius 1 is 1.39 bits per heavy atom. The minimum Gasteiger partial charge on any atom is -0.467 e. The van der Waals surface area contributed by atoms with Crippen LogP contribution in [-0.2, 0) is 9.53 Å². The van der Waals surface area contributed by atoms with Gasteiger partial charge in [-0.15, -0.1) is 0 Å². The van der Waals surface area contributed by atoms with E-state index >= 15 is 0 Å². The number of furan rings is 1. The standard InChI is InChI=1S/C17H28N2O4/c1-11(2)16(19-8-12(3)23-13(4)9-19)17(21)18-14(10-20)15-6-5-7-22-15/h5-7,11-14,16,20H,8-10H2,1-4H3,(H,18,21). The summed E-state index contributed by atoms with van der Waals surface area (Å²) < 4.78 is 11.1. The van der Waals surface area contributed by atoms with Crippen molar-refractivity contribution >= 4 is 5.91 Å². The van der Waals surface area contributed by atoms with Crippen molar-refractivity contribution in [1.82, 2.24) is 10.2 Å². The monoisotopic (exact) mass is 324 g/mol. The van der Waals surface area contributed by atoms with Crippen LogP contribution in [0.1, 0.15) is 39.5 Å². The molecule has 6 heteroatoms. The first-order valence-corrected chi connectivity index (χ1v) is 8.26. The maximum Gasteiger partial charge on any atom is 0.238 e. The molecule has 2 rings (SSSR count). The zero-order valence-electron chi connectivity index (χ0n) is 14.4. The molecule has 6 nitrogen and oxygen atoms in total. The molecule has 1 aliphatic heterocycles. The van der Waals surface area contributed by atoms with Crippen LogP contribution in [0.4, 0.5) is 0 Å². The molecule has 0 spiro atoms. The number of aliphatic hydroxyl groups is 1. The van der Waals surface area contributed by atoms with Crippen molar-refractivity contribution in [3.63, 3.8) is 0 Å². The molecule has 1 amide bonds. The highest BCUT2D eigenvalue weighted by Gasteiger charge is 2.35. The highest BCUT2D eigenvalue weighted by atomic mass is 16.5. The Bertz CT molecular complexity index is 479. The Balaban J connectivity index is 2.09. The first-order valence-electron chi connectivity index (χ1n) is 8.26. The summed E-state index contributed by atoms with van der Waals surface area (Å²) >= 11 is 0. The Kier molecular flexibility index (Phi) is 6.21. The highest BCUT2D eigenvalue weighted by Crippen LogP contribution is 2.20. The minimum atomic E-state index is -0.519. The number of nitrogens with zero attached hydrogens (tertiary/aromatic N) is 1. The zero-order chi connectivity index (χ0) is 17.0. The molecule has 0 saturated carbocycles. The predicted octanol–water partition coefficient (Wildman–Crippen LogP) is 1.56.